The van der Waals surface area contributed by atoms with E-state index < -0.39 is 0 Å². The van der Waals surface area contributed by atoms with Gasteiger partial charge in [0.2, 0.25) is 0 Å². The Balaban J connectivity index is 1.73. The lowest BCUT2D eigenvalue weighted by molar-refractivity contribution is 0.896. The Labute approximate surface area is 166 Å². The van der Waals surface area contributed by atoms with Gasteiger partial charge in [0.25, 0.3) is 0 Å². The number of benzene rings is 1. The zero-order valence-electron chi connectivity index (χ0n) is 14.3. The fourth-order valence-electron chi connectivity index (χ4n) is 2.91. The Bertz CT molecular complexity index is 976. The van der Waals surface area contributed by atoms with E-state index in [9.17, 15) is 0 Å². The summed E-state index contributed by atoms with van der Waals surface area (Å²) in [5, 5.41) is 2.43. The van der Waals surface area contributed by atoms with Crippen LogP contribution in [0.5, 0.6) is 0 Å². The van der Waals surface area contributed by atoms with Gasteiger partial charge in [-0.3, -0.25) is 0 Å². The largest absolute Gasteiger partial charge is 0.323 e. The molecule has 1 unspecified atom stereocenters. The van der Waals surface area contributed by atoms with Gasteiger partial charge in [-0.1, -0.05) is 29.4 Å². The minimum Gasteiger partial charge on any atom is -0.323 e. The Morgan fingerprint density at radius 3 is 2.81 bits per heavy atom. The monoisotopic (exact) mass is 399 g/mol. The molecule has 0 saturated carbocycles. The number of rotatable bonds is 4. The molecule has 3 nitrogen and oxygen atoms in total. The second-order valence-corrected chi connectivity index (χ2v) is 8.63. The summed E-state index contributed by atoms with van der Waals surface area (Å²) in [6.45, 7) is 0. The molecule has 0 bridgehead atoms. The van der Waals surface area contributed by atoms with Gasteiger partial charge in [-0.25, -0.2) is 9.98 Å². The summed E-state index contributed by atoms with van der Waals surface area (Å²) in [4.78, 5) is 15.0. The van der Waals surface area contributed by atoms with E-state index >= 15 is 0 Å². The number of allylic oxidation sites excluding steroid dienone is 1. The van der Waals surface area contributed by atoms with E-state index in [4.69, 9.17) is 16.6 Å². The fraction of sp³-hybridized carbons (Fsp3) is 0.200. The van der Waals surface area contributed by atoms with Gasteiger partial charge < -0.3 is 4.98 Å². The van der Waals surface area contributed by atoms with Gasteiger partial charge in [-0.2, -0.15) is 11.8 Å². The number of nitrogens with one attached hydrogen (secondary N) is 1. The maximum Gasteiger partial charge on any atom is 0.146 e. The summed E-state index contributed by atoms with van der Waals surface area (Å²) >= 11 is 9.59. The number of aromatic nitrogens is 2. The van der Waals surface area contributed by atoms with Crippen LogP contribution in [0.15, 0.2) is 69.5 Å². The predicted octanol–water partition coefficient (Wildman–Crippen LogP) is 6.52. The van der Waals surface area contributed by atoms with Crippen molar-refractivity contribution in [2.24, 2.45) is 4.99 Å². The molecule has 0 fully saturated rings. The molecule has 0 amide bonds. The maximum absolute atomic E-state index is 6.02. The zero-order chi connectivity index (χ0) is 17.9. The molecule has 2 aromatic heterocycles. The van der Waals surface area contributed by atoms with Gasteiger partial charge in [0.15, 0.2) is 0 Å². The summed E-state index contributed by atoms with van der Waals surface area (Å²) in [6, 6.07) is 11.9. The quantitative estimate of drug-likeness (QED) is 0.542. The molecule has 2 heterocycles. The average molecular weight is 400 g/mol. The number of fused-ring (bicyclic) bond motifs is 1. The van der Waals surface area contributed by atoms with Crippen LogP contribution in [0.2, 0.25) is 5.02 Å². The lowest BCUT2D eigenvalue weighted by Crippen LogP contribution is -2.08. The minimum absolute atomic E-state index is 0.598. The molecule has 0 aliphatic heterocycles. The first-order valence-electron chi connectivity index (χ1n) is 8.41. The summed E-state index contributed by atoms with van der Waals surface area (Å²) in [7, 11) is 0. The van der Waals surface area contributed by atoms with Crippen LogP contribution in [0.25, 0.3) is 11.0 Å². The van der Waals surface area contributed by atoms with Crippen LogP contribution in [-0.2, 0) is 0 Å². The first-order valence-corrected chi connectivity index (χ1v) is 10.9. The van der Waals surface area contributed by atoms with Crippen LogP contribution in [0.4, 0.5) is 5.82 Å². The normalized spacial score (nSPS) is 18.7. The van der Waals surface area contributed by atoms with Gasteiger partial charge in [-0.15, -0.1) is 0 Å². The van der Waals surface area contributed by atoms with Crippen molar-refractivity contribution in [2.75, 3.05) is 6.26 Å². The molecule has 0 saturated heterocycles. The van der Waals surface area contributed by atoms with Crippen LogP contribution in [0.3, 0.4) is 0 Å². The highest BCUT2D eigenvalue weighted by atomic mass is 35.5. The first kappa shape index (κ1) is 17.7. The molecule has 26 heavy (non-hydrogen) atoms. The summed E-state index contributed by atoms with van der Waals surface area (Å²) < 4.78 is 0. The third kappa shape index (κ3) is 3.85. The third-order valence-electron chi connectivity index (χ3n) is 4.28. The molecule has 1 atom stereocenters. The van der Waals surface area contributed by atoms with Crippen molar-refractivity contribution in [1.29, 1.82) is 0 Å². The van der Waals surface area contributed by atoms with E-state index in [0.717, 1.165) is 50.2 Å². The van der Waals surface area contributed by atoms with Crippen LogP contribution in [-0.4, -0.2) is 27.2 Å². The van der Waals surface area contributed by atoms with Gasteiger partial charge in [0.1, 0.15) is 11.5 Å². The fourth-order valence-corrected chi connectivity index (χ4v) is 4.60. The van der Waals surface area contributed by atoms with Gasteiger partial charge in [0, 0.05) is 32.5 Å². The van der Waals surface area contributed by atoms with Crippen molar-refractivity contribution in [1.82, 2.24) is 9.97 Å². The molecule has 0 spiro atoms. The van der Waals surface area contributed by atoms with E-state index in [2.05, 4.69) is 34.4 Å². The van der Waals surface area contributed by atoms with E-state index in [0.29, 0.717) is 5.25 Å². The van der Waals surface area contributed by atoms with Crippen molar-refractivity contribution in [3.8, 4) is 0 Å². The summed E-state index contributed by atoms with van der Waals surface area (Å²) in [5.41, 5.74) is 1.98. The number of halogens is 1. The molecule has 1 N–H and O–H groups in total. The Kier molecular flexibility index (Phi) is 5.38. The number of aliphatic imine (C=N–C) groups is 1. The number of H-pyrrole nitrogens is 1. The summed E-state index contributed by atoms with van der Waals surface area (Å²) in [6.07, 6.45) is 10.5. The molecule has 3 aromatic rings. The van der Waals surface area contributed by atoms with Crippen molar-refractivity contribution in [3.05, 3.63) is 59.8 Å². The number of pyridine rings is 1. The highest BCUT2D eigenvalue weighted by Crippen LogP contribution is 2.40. The third-order valence-corrected chi connectivity index (χ3v) is 6.66. The molecule has 1 aromatic carbocycles. The van der Waals surface area contributed by atoms with Crippen LogP contribution < -0.4 is 0 Å². The van der Waals surface area contributed by atoms with Crippen LogP contribution in [0, 0.1) is 0 Å². The second-order valence-electron chi connectivity index (χ2n) is 6.03. The Morgan fingerprint density at radius 1 is 1.23 bits per heavy atom. The van der Waals surface area contributed by atoms with Gasteiger partial charge in [0.05, 0.1) is 4.90 Å². The van der Waals surface area contributed by atoms with Crippen molar-refractivity contribution in [3.63, 3.8) is 0 Å². The first-order chi connectivity index (χ1) is 12.7. The minimum atomic E-state index is 0.598. The number of thioether (sulfide) groups is 1. The number of aromatic amines is 1. The molecular weight excluding hydrogens is 382 g/mol. The van der Waals surface area contributed by atoms with Crippen molar-refractivity contribution >= 4 is 57.7 Å². The van der Waals surface area contributed by atoms with E-state index in [1.807, 2.05) is 42.1 Å². The van der Waals surface area contributed by atoms with Gasteiger partial charge >= 0.3 is 0 Å². The Hall–Kier alpha value is -1.69. The topological polar surface area (TPSA) is 41.0 Å². The van der Waals surface area contributed by atoms with Gasteiger partial charge in [-0.05, 0) is 61.6 Å². The SMILES string of the molecule is CSC1C=CC(=Nc2[nH]c3ncccc3c2Sc2ccc(Cl)cc2)CC1. The lowest BCUT2D eigenvalue weighted by Gasteiger charge is -2.14. The predicted molar refractivity (Wildman–Crippen MR) is 114 cm³/mol. The molecule has 1 aliphatic carbocycles. The standard InChI is InChI=1S/C20H18ClN3S2/c1-25-15-10-6-14(7-11-15)23-20-18(17-3-2-12-22-19(17)24-20)26-16-8-4-13(21)5-9-16/h2-6,8-10,12,15H,7,11H2,1H3,(H,22,24). The van der Waals surface area contributed by atoms with E-state index in [1.54, 1.807) is 18.0 Å². The molecule has 1 aliphatic rings. The molecule has 6 heteroatoms. The Morgan fingerprint density at radius 2 is 2.08 bits per heavy atom. The lowest BCUT2D eigenvalue weighted by atomic mass is 10.1. The average Bonchev–Trinajstić information content (AvgIpc) is 3.01. The maximum atomic E-state index is 6.02. The zero-order valence-corrected chi connectivity index (χ0v) is 16.7. The van der Waals surface area contributed by atoms with Crippen LogP contribution in [0.1, 0.15) is 12.8 Å². The van der Waals surface area contributed by atoms with Crippen molar-refractivity contribution < 1.29 is 0 Å². The van der Waals surface area contributed by atoms with E-state index in [-0.39, 0.29) is 0 Å². The van der Waals surface area contributed by atoms with E-state index in [1.165, 1.54) is 0 Å². The number of nitrogens with zero attached hydrogens (tertiary/aromatic N) is 2. The second kappa shape index (κ2) is 7.91. The molecule has 4 rings (SSSR count). The summed E-state index contributed by atoms with van der Waals surface area (Å²) in [5.74, 6) is 0.876. The molecule has 132 valence electrons. The highest BCUT2D eigenvalue weighted by molar-refractivity contribution is 7.99. The smallest absolute Gasteiger partial charge is 0.146 e. The molecule has 0 radical (unpaired) electrons. The molecular formula is C20H18ClN3S2. The number of hydrogen-bond acceptors (Lipinski definition) is 4. The van der Waals surface area contributed by atoms with Crippen molar-refractivity contribution in [2.45, 2.75) is 27.9 Å². The van der Waals surface area contributed by atoms with Crippen LogP contribution >= 0.6 is 35.1 Å². The number of hydrogen-bond donors (Lipinski definition) is 1. The highest BCUT2D eigenvalue weighted by Gasteiger charge is 2.16.